The second kappa shape index (κ2) is 4.25. The van der Waals surface area contributed by atoms with Gasteiger partial charge in [-0.2, -0.15) is 0 Å². The molecule has 84 valence electrons. The van der Waals surface area contributed by atoms with Crippen molar-refractivity contribution >= 4 is 29.6 Å². The fourth-order valence-corrected chi connectivity index (χ4v) is 4.58. The summed E-state index contributed by atoms with van der Waals surface area (Å²) in [4.78, 5) is 0. The number of nitrogens with zero attached hydrogens (tertiary/aromatic N) is 2. The van der Waals surface area contributed by atoms with Crippen LogP contribution in [0.25, 0.3) is 14.6 Å². The van der Waals surface area contributed by atoms with Gasteiger partial charge in [0.1, 0.15) is 0 Å². The van der Waals surface area contributed by atoms with E-state index in [1.807, 2.05) is 0 Å². The van der Waals surface area contributed by atoms with Crippen LogP contribution in [0.3, 0.4) is 0 Å². The van der Waals surface area contributed by atoms with E-state index >= 15 is 0 Å². The Bertz CT molecular complexity index is 668. The molecule has 3 rings (SSSR count). The molecule has 1 heterocycles. The number of hydrogen-bond donors (Lipinski definition) is 0. The summed E-state index contributed by atoms with van der Waals surface area (Å²) in [5, 5.41) is 4.68. The van der Waals surface area contributed by atoms with Gasteiger partial charge >= 0.3 is 111 Å². The Hall–Kier alpha value is -1.17. The SMILES string of the molecule is Cc1ccc(-[n+]2nc3ccc(C)cc3[te]2)cc1. The van der Waals surface area contributed by atoms with Crippen LogP contribution in [0.5, 0.6) is 0 Å². The van der Waals surface area contributed by atoms with E-state index in [1.54, 1.807) is 0 Å². The minimum atomic E-state index is -0.374. The van der Waals surface area contributed by atoms with Gasteiger partial charge in [-0.15, -0.1) is 0 Å². The van der Waals surface area contributed by atoms with Crippen LogP contribution in [0.15, 0.2) is 42.5 Å². The molecule has 0 radical (unpaired) electrons. The maximum atomic E-state index is 4.68. The molecule has 1 aromatic heterocycles. The summed E-state index contributed by atoms with van der Waals surface area (Å²) in [5.74, 6) is 0. The van der Waals surface area contributed by atoms with Crippen molar-refractivity contribution in [2.75, 3.05) is 0 Å². The minimum absolute atomic E-state index is 0.374. The number of aryl methyl sites for hydroxylation is 2. The quantitative estimate of drug-likeness (QED) is 0.622. The van der Waals surface area contributed by atoms with Crippen LogP contribution in [0, 0.1) is 13.8 Å². The van der Waals surface area contributed by atoms with Crippen LogP contribution >= 0.6 is 0 Å². The van der Waals surface area contributed by atoms with Crippen LogP contribution in [0.2, 0.25) is 0 Å². The zero-order valence-corrected chi connectivity index (χ0v) is 12.2. The molecule has 3 heteroatoms. The van der Waals surface area contributed by atoms with Crippen LogP contribution in [-0.4, -0.2) is 25.8 Å². The Labute approximate surface area is 111 Å². The molecule has 0 unspecified atom stereocenters. The molecule has 0 aliphatic carbocycles. The summed E-state index contributed by atoms with van der Waals surface area (Å²) in [5.41, 5.74) is 4.99. The average Bonchev–Trinajstić information content (AvgIpc) is 2.72. The number of rotatable bonds is 1. The molecular formula is C14H13N2Te+. The van der Waals surface area contributed by atoms with Gasteiger partial charge in [0.2, 0.25) is 0 Å². The fraction of sp³-hybridized carbons (Fsp3) is 0.143. The van der Waals surface area contributed by atoms with E-state index in [2.05, 4.69) is 64.3 Å². The summed E-state index contributed by atoms with van der Waals surface area (Å²) < 4.78 is 3.63. The molecule has 0 aliphatic heterocycles. The first-order chi connectivity index (χ1) is 8.22. The summed E-state index contributed by atoms with van der Waals surface area (Å²) >= 11 is -0.374. The molecule has 17 heavy (non-hydrogen) atoms. The fourth-order valence-electron chi connectivity index (χ4n) is 1.77. The summed E-state index contributed by atoms with van der Waals surface area (Å²) in [7, 11) is 0. The summed E-state index contributed by atoms with van der Waals surface area (Å²) in [6.45, 7) is 4.25. The standard InChI is InChI=1S/C14H13N2Te/c1-10-3-6-12(7-4-10)16-15-13-8-5-11(2)9-14(13)17-16/h3-9H,1-2H3/q+1. The van der Waals surface area contributed by atoms with Crippen molar-refractivity contribution in [1.29, 1.82) is 0 Å². The van der Waals surface area contributed by atoms with Gasteiger partial charge in [0.25, 0.3) is 0 Å². The van der Waals surface area contributed by atoms with Crippen molar-refractivity contribution in [2.24, 2.45) is 0 Å². The van der Waals surface area contributed by atoms with Crippen LogP contribution in [-0.2, 0) is 0 Å². The Morgan fingerprint density at radius 3 is 2.41 bits per heavy atom. The third-order valence-corrected chi connectivity index (χ3v) is 5.58. The van der Waals surface area contributed by atoms with Crippen molar-refractivity contribution in [3.05, 3.63) is 53.6 Å². The van der Waals surface area contributed by atoms with Crippen molar-refractivity contribution in [2.45, 2.75) is 13.8 Å². The molecule has 0 atom stereocenters. The Balaban J connectivity index is 2.14. The second-order valence-electron chi connectivity index (χ2n) is 4.27. The molecule has 0 bridgehead atoms. The molecule has 2 aromatic carbocycles. The van der Waals surface area contributed by atoms with Gasteiger partial charge in [-0.1, -0.05) is 0 Å². The molecule has 0 saturated heterocycles. The molecule has 3 aromatic rings. The van der Waals surface area contributed by atoms with Crippen molar-refractivity contribution < 1.29 is 2.91 Å². The topological polar surface area (TPSA) is 16.8 Å². The van der Waals surface area contributed by atoms with Gasteiger partial charge < -0.3 is 0 Å². The van der Waals surface area contributed by atoms with E-state index in [1.165, 1.54) is 20.2 Å². The Morgan fingerprint density at radius 1 is 0.941 bits per heavy atom. The Kier molecular flexibility index (Phi) is 2.74. The molecule has 0 amide bonds. The Morgan fingerprint density at radius 2 is 1.65 bits per heavy atom. The van der Waals surface area contributed by atoms with Gasteiger partial charge in [-0.05, 0) is 0 Å². The third kappa shape index (κ3) is 2.13. The second-order valence-corrected chi connectivity index (χ2v) is 7.03. The molecule has 0 saturated carbocycles. The summed E-state index contributed by atoms with van der Waals surface area (Å²) in [6, 6.07) is 15.1. The molecule has 0 N–H and O–H groups in total. The van der Waals surface area contributed by atoms with Gasteiger partial charge in [-0.3, -0.25) is 0 Å². The van der Waals surface area contributed by atoms with E-state index in [-0.39, 0.29) is 20.7 Å². The van der Waals surface area contributed by atoms with E-state index < -0.39 is 0 Å². The average molecular weight is 337 g/mol. The molecule has 0 aliphatic rings. The van der Waals surface area contributed by atoms with E-state index in [9.17, 15) is 0 Å². The van der Waals surface area contributed by atoms with Gasteiger partial charge in [0.15, 0.2) is 0 Å². The molecule has 0 spiro atoms. The zero-order valence-electron chi connectivity index (χ0n) is 9.84. The molecular weight excluding hydrogens is 324 g/mol. The monoisotopic (exact) mass is 339 g/mol. The number of benzene rings is 2. The van der Waals surface area contributed by atoms with Crippen molar-refractivity contribution in [3.8, 4) is 5.69 Å². The van der Waals surface area contributed by atoms with Gasteiger partial charge in [-0.25, -0.2) is 0 Å². The molecule has 2 nitrogen and oxygen atoms in total. The number of hydrogen-bond acceptors (Lipinski definition) is 1. The van der Waals surface area contributed by atoms with Crippen molar-refractivity contribution in [1.82, 2.24) is 5.10 Å². The third-order valence-electron chi connectivity index (χ3n) is 2.75. The first kappa shape index (κ1) is 11.0. The first-order valence-corrected chi connectivity index (χ1v) is 7.80. The van der Waals surface area contributed by atoms with Gasteiger partial charge in [0, 0.05) is 0 Å². The predicted octanol–water partition coefficient (Wildman–Crippen LogP) is 2.19. The van der Waals surface area contributed by atoms with E-state index in [0.29, 0.717) is 0 Å². The van der Waals surface area contributed by atoms with Crippen molar-refractivity contribution in [3.63, 3.8) is 0 Å². The zero-order chi connectivity index (χ0) is 11.8. The van der Waals surface area contributed by atoms with E-state index in [0.717, 1.165) is 5.52 Å². The number of fused-ring (bicyclic) bond motifs is 1. The molecule has 0 fully saturated rings. The normalized spacial score (nSPS) is 10.9. The van der Waals surface area contributed by atoms with Crippen LogP contribution in [0.1, 0.15) is 11.1 Å². The maximum absolute atomic E-state index is 4.68. The number of aromatic nitrogens is 2. The predicted molar refractivity (Wildman–Crippen MR) is 69.7 cm³/mol. The van der Waals surface area contributed by atoms with E-state index in [4.69, 9.17) is 0 Å². The van der Waals surface area contributed by atoms with Gasteiger partial charge in [0.05, 0.1) is 0 Å². The first-order valence-electron chi connectivity index (χ1n) is 5.59. The van der Waals surface area contributed by atoms with Crippen LogP contribution < -0.4 is 2.91 Å². The van der Waals surface area contributed by atoms with Crippen LogP contribution in [0.4, 0.5) is 0 Å². The summed E-state index contributed by atoms with van der Waals surface area (Å²) in [6.07, 6.45) is 0.